The van der Waals surface area contributed by atoms with E-state index in [2.05, 4.69) is 15.6 Å². The lowest BCUT2D eigenvalue weighted by Gasteiger charge is -2.17. The molecule has 0 bridgehead atoms. The number of nitrogens with zero attached hydrogens (tertiary/aromatic N) is 1. The highest BCUT2D eigenvalue weighted by molar-refractivity contribution is 7.80. The van der Waals surface area contributed by atoms with E-state index >= 15 is 0 Å². The van der Waals surface area contributed by atoms with Gasteiger partial charge in [-0.2, -0.15) is 0 Å². The maximum Gasteiger partial charge on any atom is 0.171 e. The predicted octanol–water partition coefficient (Wildman–Crippen LogP) is 4.44. The largest absolute Gasteiger partial charge is 0.356 e. The van der Waals surface area contributed by atoms with E-state index < -0.39 is 0 Å². The molecule has 0 saturated carbocycles. The van der Waals surface area contributed by atoms with Crippen LogP contribution in [0.2, 0.25) is 10.0 Å². The van der Waals surface area contributed by atoms with Gasteiger partial charge >= 0.3 is 0 Å². The smallest absolute Gasteiger partial charge is 0.171 e. The third-order valence-corrected chi connectivity index (χ3v) is 3.31. The summed E-state index contributed by atoms with van der Waals surface area (Å²) < 4.78 is 0. The second kappa shape index (κ2) is 6.88. The minimum absolute atomic E-state index is 0.0540. The summed E-state index contributed by atoms with van der Waals surface area (Å²) in [5, 5.41) is 7.85. The molecule has 2 aromatic rings. The van der Waals surface area contributed by atoms with Crippen molar-refractivity contribution in [3.8, 4) is 0 Å². The van der Waals surface area contributed by atoms with Gasteiger partial charge in [0.25, 0.3) is 0 Å². The standard InChI is InChI=1S/C14H13Cl2N3S/c1-9(10-3-2-4-17-8-10)18-14(20)19-13-6-11(15)5-12(16)7-13/h2-9H,1H3,(H2,18,19,20)/t9-/m0/s1. The molecule has 0 saturated heterocycles. The first kappa shape index (κ1) is 15.0. The molecular formula is C14H13Cl2N3S. The second-order valence-corrected chi connectivity index (χ2v) is 5.55. The van der Waals surface area contributed by atoms with Gasteiger partial charge in [-0.3, -0.25) is 4.98 Å². The van der Waals surface area contributed by atoms with Crippen LogP contribution in [0, 0.1) is 0 Å². The van der Waals surface area contributed by atoms with E-state index in [0.717, 1.165) is 11.3 Å². The van der Waals surface area contributed by atoms with Crippen LogP contribution in [0.25, 0.3) is 0 Å². The molecule has 3 nitrogen and oxygen atoms in total. The summed E-state index contributed by atoms with van der Waals surface area (Å²) in [6.07, 6.45) is 3.54. The van der Waals surface area contributed by atoms with E-state index in [1.54, 1.807) is 30.6 Å². The van der Waals surface area contributed by atoms with Gasteiger partial charge in [-0.1, -0.05) is 29.3 Å². The molecule has 1 atom stereocenters. The zero-order chi connectivity index (χ0) is 14.5. The fraction of sp³-hybridized carbons (Fsp3) is 0.143. The van der Waals surface area contributed by atoms with E-state index in [1.165, 1.54) is 0 Å². The fourth-order valence-corrected chi connectivity index (χ4v) is 2.53. The first-order valence-corrected chi connectivity index (χ1v) is 7.14. The van der Waals surface area contributed by atoms with Crippen molar-refractivity contribution < 1.29 is 0 Å². The number of anilines is 1. The Balaban J connectivity index is 1.99. The van der Waals surface area contributed by atoms with Crippen molar-refractivity contribution in [2.24, 2.45) is 0 Å². The van der Waals surface area contributed by atoms with Crippen molar-refractivity contribution in [2.45, 2.75) is 13.0 Å². The summed E-state index contributed by atoms with van der Waals surface area (Å²) in [5.41, 5.74) is 1.80. The van der Waals surface area contributed by atoms with Gasteiger partial charge in [-0.15, -0.1) is 0 Å². The molecule has 0 aliphatic heterocycles. The minimum atomic E-state index is 0.0540. The predicted molar refractivity (Wildman–Crippen MR) is 88.5 cm³/mol. The normalized spacial score (nSPS) is 11.8. The first-order valence-electron chi connectivity index (χ1n) is 5.98. The van der Waals surface area contributed by atoms with Gasteiger partial charge in [0, 0.05) is 28.1 Å². The summed E-state index contributed by atoms with van der Waals surface area (Å²) in [7, 11) is 0. The zero-order valence-corrected chi connectivity index (χ0v) is 13.1. The Morgan fingerprint density at radius 1 is 1.25 bits per heavy atom. The van der Waals surface area contributed by atoms with Crippen molar-refractivity contribution in [3.05, 3.63) is 58.3 Å². The molecule has 0 aliphatic carbocycles. The van der Waals surface area contributed by atoms with Crippen LogP contribution in [0.15, 0.2) is 42.7 Å². The van der Waals surface area contributed by atoms with Crippen LogP contribution < -0.4 is 10.6 Å². The molecule has 1 heterocycles. The van der Waals surface area contributed by atoms with E-state index in [-0.39, 0.29) is 6.04 Å². The molecule has 0 spiro atoms. The van der Waals surface area contributed by atoms with Crippen molar-refractivity contribution >= 4 is 46.2 Å². The summed E-state index contributed by atoms with van der Waals surface area (Å²) >= 11 is 17.1. The Bertz CT molecular complexity index is 584. The molecule has 0 radical (unpaired) electrons. The number of rotatable bonds is 3. The van der Waals surface area contributed by atoms with Crippen molar-refractivity contribution in [3.63, 3.8) is 0 Å². The SMILES string of the molecule is C[C@H](NC(=S)Nc1cc(Cl)cc(Cl)c1)c1cccnc1. The van der Waals surface area contributed by atoms with Gasteiger partial charge in [-0.05, 0) is 49.0 Å². The molecule has 2 N–H and O–H groups in total. The molecule has 104 valence electrons. The van der Waals surface area contributed by atoms with Gasteiger partial charge in [0.2, 0.25) is 0 Å². The molecule has 20 heavy (non-hydrogen) atoms. The molecular weight excluding hydrogens is 313 g/mol. The van der Waals surface area contributed by atoms with Crippen LogP contribution >= 0.6 is 35.4 Å². The fourth-order valence-electron chi connectivity index (χ4n) is 1.71. The molecule has 2 rings (SSSR count). The van der Waals surface area contributed by atoms with Crippen LogP contribution in [0.1, 0.15) is 18.5 Å². The van der Waals surface area contributed by atoms with Crippen LogP contribution in [-0.4, -0.2) is 10.1 Å². The Kier molecular flexibility index (Phi) is 5.17. The number of aromatic nitrogens is 1. The molecule has 6 heteroatoms. The number of pyridine rings is 1. The number of hydrogen-bond donors (Lipinski definition) is 2. The minimum Gasteiger partial charge on any atom is -0.356 e. The Hall–Kier alpha value is -1.36. The maximum atomic E-state index is 5.94. The second-order valence-electron chi connectivity index (χ2n) is 4.26. The molecule has 0 fully saturated rings. The van der Waals surface area contributed by atoms with Gasteiger partial charge in [0.1, 0.15) is 0 Å². The summed E-state index contributed by atoms with van der Waals surface area (Å²) in [6.45, 7) is 2.01. The van der Waals surface area contributed by atoms with E-state index in [0.29, 0.717) is 15.2 Å². The Morgan fingerprint density at radius 2 is 1.95 bits per heavy atom. The monoisotopic (exact) mass is 325 g/mol. The van der Waals surface area contributed by atoms with E-state index in [1.807, 2.05) is 19.1 Å². The molecule has 1 aromatic carbocycles. The third-order valence-electron chi connectivity index (χ3n) is 2.65. The lowest BCUT2D eigenvalue weighted by atomic mass is 10.1. The summed E-state index contributed by atoms with van der Waals surface area (Å²) in [5.74, 6) is 0. The van der Waals surface area contributed by atoms with Crippen LogP contribution in [0.4, 0.5) is 5.69 Å². The highest BCUT2D eigenvalue weighted by atomic mass is 35.5. The van der Waals surface area contributed by atoms with Gasteiger partial charge in [0.15, 0.2) is 5.11 Å². The van der Waals surface area contributed by atoms with Crippen LogP contribution in [-0.2, 0) is 0 Å². The lowest BCUT2D eigenvalue weighted by molar-refractivity contribution is 0.718. The summed E-state index contributed by atoms with van der Waals surface area (Å²) in [4.78, 5) is 4.08. The van der Waals surface area contributed by atoms with Crippen molar-refractivity contribution in [1.29, 1.82) is 0 Å². The van der Waals surface area contributed by atoms with Gasteiger partial charge in [0.05, 0.1) is 6.04 Å². The molecule has 0 aliphatic rings. The zero-order valence-electron chi connectivity index (χ0n) is 10.7. The van der Waals surface area contributed by atoms with E-state index in [4.69, 9.17) is 35.4 Å². The van der Waals surface area contributed by atoms with Crippen molar-refractivity contribution in [1.82, 2.24) is 10.3 Å². The van der Waals surface area contributed by atoms with Crippen LogP contribution in [0.3, 0.4) is 0 Å². The molecule has 0 amide bonds. The highest BCUT2D eigenvalue weighted by Crippen LogP contribution is 2.22. The number of halogens is 2. The maximum absolute atomic E-state index is 5.94. The highest BCUT2D eigenvalue weighted by Gasteiger charge is 2.07. The molecule has 0 unspecified atom stereocenters. The van der Waals surface area contributed by atoms with E-state index in [9.17, 15) is 0 Å². The Morgan fingerprint density at radius 3 is 2.55 bits per heavy atom. The molecule has 1 aromatic heterocycles. The quantitative estimate of drug-likeness (QED) is 0.818. The number of nitrogens with one attached hydrogen (secondary N) is 2. The van der Waals surface area contributed by atoms with Gasteiger partial charge < -0.3 is 10.6 Å². The van der Waals surface area contributed by atoms with Gasteiger partial charge in [-0.25, -0.2) is 0 Å². The first-order chi connectivity index (χ1) is 9.54. The van der Waals surface area contributed by atoms with Crippen LogP contribution in [0.5, 0.6) is 0 Å². The summed E-state index contributed by atoms with van der Waals surface area (Å²) in [6, 6.07) is 9.12. The lowest BCUT2D eigenvalue weighted by Crippen LogP contribution is -2.30. The Labute approximate surface area is 133 Å². The van der Waals surface area contributed by atoms with Crippen molar-refractivity contribution in [2.75, 3.05) is 5.32 Å². The number of benzene rings is 1. The average Bonchev–Trinajstić information content (AvgIpc) is 2.38. The number of thiocarbonyl (C=S) groups is 1. The number of hydrogen-bond acceptors (Lipinski definition) is 2. The average molecular weight is 326 g/mol. The third kappa shape index (κ3) is 4.34. The topological polar surface area (TPSA) is 37.0 Å².